The number of carbonyl (C=O) groups is 2. The normalized spacial score (nSPS) is 26.2. The molecule has 0 bridgehead atoms. The van der Waals surface area contributed by atoms with Gasteiger partial charge in [0.05, 0.1) is 58.3 Å². The lowest BCUT2D eigenvalue weighted by Gasteiger charge is -2.47. The number of ether oxygens (including phenoxy) is 8. The molecule has 4 aliphatic rings. The molecule has 112 heavy (non-hydrogen) atoms. The van der Waals surface area contributed by atoms with Gasteiger partial charge in [-0.15, -0.1) is 0 Å². The SMILES string of the molecule is CCOc1ccc(Cc2cc(C)ccc2Cl)cc1.CCOc1ccc(Cc2cc(C3(OC)O[C@H](CO)[C@@H](O)[C@H](O)[C@H]3O)ccc2Cl)cc1.CCOc1ccc(Cc2cc(C3O[C@H](CO)[C@@H](O)[C@H](O)[C@H]3O)ccc2Cl)cc1.C[C@H]1C(=O)O[C@H]([C@@H](CO[Si](C)(C)C)O[Si](C)(C)C)C1O[Si](C)(C)C.O=C1O[C@H]([C@H](O)CO)C(O)[C@H]1O. The molecule has 4 unspecified atom stereocenters. The Morgan fingerprint density at radius 2 is 0.973 bits per heavy atom. The van der Waals surface area contributed by atoms with Crippen LogP contribution in [-0.4, -0.2) is 243 Å². The lowest BCUT2D eigenvalue weighted by atomic mass is 9.87. The van der Waals surface area contributed by atoms with Crippen molar-refractivity contribution < 1.29 is 122 Å². The number of aliphatic hydroxyl groups excluding tert-OH is 12. The molecule has 10 rings (SSSR count). The largest absolute Gasteiger partial charge is 0.494 e. The number of halogens is 3. The van der Waals surface area contributed by atoms with E-state index in [1.165, 1.54) is 23.8 Å². The number of aryl methyl sites for hydroxylation is 1. The van der Waals surface area contributed by atoms with Crippen LogP contribution in [0.1, 0.15) is 83.9 Å². The van der Waals surface area contributed by atoms with Gasteiger partial charge in [0.2, 0.25) is 5.79 Å². The molecule has 6 aromatic carbocycles. The molecule has 18 atom stereocenters. The van der Waals surface area contributed by atoms with Crippen molar-refractivity contribution in [2.45, 2.75) is 216 Å². The summed E-state index contributed by atoms with van der Waals surface area (Å²) in [4.78, 5) is 22.8. The van der Waals surface area contributed by atoms with Crippen LogP contribution in [0, 0.1) is 12.8 Å². The second-order valence-corrected chi connectivity index (χ2v) is 45.2. The first kappa shape index (κ1) is 95.3. The highest BCUT2D eigenvalue weighted by molar-refractivity contribution is 6.70. The van der Waals surface area contributed by atoms with Crippen molar-refractivity contribution >= 4 is 71.7 Å². The van der Waals surface area contributed by atoms with Crippen LogP contribution in [0.3, 0.4) is 0 Å². The van der Waals surface area contributed by atoms with Gasteiger partial charge in [0.15, 0.2) is 43.3 Å². The van der Waals surface area contributed by atoms with E-state index >= 15 is 0 Å². The summed E-state index contributed by atoms with van der Waals surface area (Å²) in [7, 11) is -3.99. The molecule has 0 radical (unpaired) electrons. The summed E-state index contributed by atoms with van der Waals surface area (Å²) in [6.07, 6.45) is -16.4. The number of aliphatic hydroxyl groups is 12. The van der Waals surface area contributed by atoms with E-state index in [9.17, 15) is 50.4 Å². The Balaban J connectivity index is 0.000000224. The highest BCUT2D eigenvalue weighted by Gasteiger charge is 2.56. The molecule has 0 spiro atoms. The Morgan fingerprint density at radius 1 is 0.518 bits per heavy atom. The molecule has 12 N–H and O–H groups in total. The van der Waals surface area contributed by atoms with Gasteiger partial charge < -0.3 is 112 Å². The third kappa shape index (κ3) is 27.3. The first-order valence-corrected chi connectivity index (χ1v) is 48.7. The number of hydrogen-bond donors (Lipinski definition) is 12. The molecule has 0 aromatic heterocycles. The summed E-state index contributed by atoms with van der Waals surface area (Å²) in [5, 5.41) is 118. The molecule has 0 amide bonds. The predicted molar refractivity (Wildman–Crippen MR) is 431 cm³/mol. The second kappa shape index (κ2) is 43.6. The summed E-state index contributed by atoms with van der Waals surface area (Å²) < 4.78 is 62.1. The zero-order valence-corrected chi connectivity index (χ0v) is 71.6. The highest BCUT2D eigenvalue weighted by Crippen LogP contribution is 2.42. The van der Waals surface area contributed by atoms with Crippen molar-refractivity contribution in [2.24, 2.45) is 5.92 Å². The maximum atomic E-state index is 12.2. The Morgan fingerprint density at radius 3 is 1.40 bits per heavy atom. The van der Waals surface area contributed by atoms with Gasteiger partial charge in [0, 0.05) is 27.7 Å². The van der Waals surface area contributed by atoms with E-state index in [2.05, 4.69) is 88.8 Å². The molecule has 4 fully saturated rings. The van der Waals surface area contributed by atoms with E-state index in [0.29, 0.717) is 60.4 Å². The number of esters is 2. The van der Waals surface area contributed by atoms with Gasteiger partial charge in [0.25, 0.3) is 0 Å². The van der Waals surface area contributed by atoms with E-state index in [0.717, 1.165) is 50.9 Å². The number of benzene rings is 6. The van der Waals surface area contributed by atoms with Crippen LogP contribution in [0.15, 0.2) is 127 Å². The van der Waals surface area contributed by atoms with Gasteiger partial charge in [0.1, 0.15) is 90.5 Å². The van der Waals surface area contributed by atoms with Gasteiger partial charge in [-0.2, -0.15) is 0 Å². The van der Waals surface area contributed by atoms with Gasteiger partial charge >= 0.3 is 11.9 Å². The molecule has 31 heteroatoms. The van der Waals surface area contributed by atoms with Crippen LogP contribution in [-0.2, 0) is 71.6 Å². The molecule has 0 aliphatic carbocycles. The van der Waals surface area contributed by atoms with Gasteiger partial charge in [-0.05, 0) is 212 Å². The molecular weight excluding hydrogens is 1560 g/mol. The topological polar surface area (TPSA) is 378 Å². The maximum Gasteiger partial charge on any atom is 0.338 e. The van der Waals surface area contributed by atoms with Crippen LogP contribution in [0.2, 0.25) is 74.0 Å². The minimum absolute atomic E-state index is 0.194. The summed E-state index contributed by atoms with van der Waals surface area (Å²) in [5.74, 6) is -0.726. The maximum absolute atomic E-state index is 12.2. The number of carbonyl (C=O) groups excluding carboxylic acids is 2. The molecule has 0 saturated carbocycles. The molecule has 25 nitrogen and oxygen atoms in total. The van der Waals surface area contributed by atoms with Crippen LogP contribution in [0.4, 0.5) is 0 Å². The first-order valence-electron chi connectivity index (χ1n) is 37.4. The van der Waals surface area contributed by atoms with Gasteiger partial charge in [-0.25, -0.2) is 4.79 Å². The predicted octanol–water partition coefficient (Wildman–Crippen LogP) is 8.91. The van der Waals surface area contributed by atoms with Gasteiger partial charge in [-0.3, -0.25) is 4.79 Å². The summed E-state index contributed by atoms with van der Waals surface area (Å²) >= 11 is 19.0. The van der Waals surface area contributed by atoms with Crippen molar-refractivity contribution in [3.63, 3.8) is 0 Å². The minimum atomic E-state index is -1.82. The number of methoxy groups -OCH3 is 1. The van der Waals surface area contributed by atoms with Gasteiger partial charge in [-0.1, -0.05) is 107 Å². The van der Waals surface area contributed by atoms with Crippen LogP contribution in [0.25, 0.3) is 0 Å². The minimum Gasteiger partial charge on any atom is -0.494 e. The summed E-state index contributed by atoms with van der Waals surface area (Å²) in [6.45, 7) is 29.8. The molecule has 622 valence electrons. The average Bonchev–Trinajstić information content (AvgIpc) is 1.04. The van der Waals surface area contributed by atoms with Crippen molar-refractivity contribution in [1.82, 2.24) is 0 Å². The Kier molecular flexibility index (Phi) is 37.1. The number of hydrogen-bond acceptors (Lipinski definition) is 25. The van der Waals surface area contributed by atoms with Crippen LogP contribution in [0.5, 0.6) is 17.2 Å². The van der Waals surface area contributed by atoms with Crippen molar-refractivity contribution in [3.8, 4) is 17.2 Å². The summed E-state index contributed by atoms with van der Waals surface area (Å²) in [6, 6.07) is 39.9. The van der Waals surface area contributed by atoms with Crippen molar-refractivity contribution in [3.05, 3.63) is 193 Å². The van der Waals surface area contributed by atoms with Crippen LogP contribution >= 0.6 is 34.8 Å². The molecule has 4 saturated heterocycles. The number of rotatable bonds is 27. The Bertz CT molecular complexity index is 3860. The van der Waals surface area contributed by atoms with Crippen molar-refractivity contribution in [1.29, 1.82) is 0 Å². The van der Waals surface area contributed by atoms with Crippen molar-refractivity contribution in [2.75, 3.05) is 53.4 Å². The Labute approximate surface area is 675 Å². The zero-order valence-electron chi connectivity index (χ0n) is 66.3. The fourth-order valence-electron chi connectivity index (χ4n) is 12.6. The fourth-order valence-corrected chi connectivity index (χ4v) is 16.0. The number of cyclic esters (lactones) is 2. The smallest absolute Gasteiger partial charge is 0.338 e. The Hall–Kier alpha value is -5.54. The molecule has 6 aromatic rings. The monoisotopic (exact) mass is 1680 g/mol. The average molecular weight is 1680 g/mol. The second-order valence-electron chi connectivity index (χ2n) is 30.6. The summed E-state index contributed by atoms with van der Waals surface area (Å²) in [5.41, 5.74) is 8.29. The van der Waals surface area contributed by atoms with E-state index in [-0.39, 0.29) is 30.2 Å². The third-order valence-corrected chi connectivity index (χ3v) is 22.4. The highest BCUT2D eigenvalue weighted by atomic mass is 35.5. The van der Waals surface area contributed by atoms with Crippen LogP contribution < -0.4 is 14.2 Å². The van der Waals surface area contributed by atoms with E-state index in [1.54, 1.807) is 30.3 Å². The molecule has 4 aliphatic heterocycles. The molecule has 4 heterocycles. The first-order chi connectivity index (χ1) is 52.6. The lowest BCUT2D eigenvalue weighted by molar-refractivity contribution is -0.366. The van der Waals surface area contributed by atoms with E-state index in [1.807, 2.05) is 107 Å². The van der Waals surface area contributed by atoms with E-state index in [4.69, 9.17) is 102 Å². The quantitative estimate of drug-likeness (QED) is 0.0169. The fraction of sp³-hybridized carbons (Fsp3) is 0.531. The molecular formula is C81H115Cl3O25Si3. The standard InChI is InChI=1S/C22H27ClO7.C21H25ClO6.C16H17ClO.C16H36O5Si3.C6H10O6/c1-3-29-16-7-4-13(5-8-16)10-14-11-15(6-9-17(14)23)22(28-2)21(27)20(26)19(25)18(12-24)30-22;1-2-27-15-6-3-12(4-7-15)9-14-10-13(5-8-16(14)22)21-20(26)19(25)18(24)17(11-23)28-21;1-3-18-15-7-5-13(6-8-15)11-14-10-12(2)4-9-16(14)17;1-12-14(21-24(8,9)10)15(19-16(12)17)13(20-23(5,6)7)11-18-22(2,3)4;7-1-2(8)5-3(9)4(10)6(11)12-5/h4-9,11,18-21,24-27H,3,10,12H2,1-2H3;3-8,10,17-21,23-26H,2,9,11H2,1H3;4-10H,3,11H2,1-2H3;12-15H,11H2,1-10H3;2-5,7-10H,1H2/t18-,19-,20+,21-,22?;17-,18-,19+,20-,21?;;12-,13-,14?,15-;2-,3?,4-,5-/m11.11/s1. The zero-order chi connectivity index (χ0) is 83.3. The van der Waals surface area contributed by atoms with E-state index < -0.39 is 136 Å². The lowest BCUT2D eigenvalue weighted by Crippen LogP contribution is -2.64. The third-order valence-electron chi connectivity index (χ3n) is 18.3.